The van der Waals surface area contributed by atoms with E-state index in [1.807, 2.05) is 0 Å². The second-order valence-electron chi connectivity index (χ2n) is 2.95. The quantitative estimate of drug-likeness (QED) is 0.486. The van der Waals surface area contributed by atoms with Crippen molar-refractivity contribution in [1.82, 2.24) is 0 Å². The third-order valence-electron chi connectivity index (χ3n) is 2.03. The molecule has 5 N–H and O–H groups in total. The highest BCUT2D eigenvalue weighted by Crippen LogP contribution is 2.24. The Morgan fingerprint density at radius 2 is 2.00 bits per heavy atom. The Hall–Kier alpha value is -1.11. The van der Waals surface area contributed by atoms with Gasteiger partial charge in [0.15, 0.2) is 0 Å². The van der Waals surface area contributed by atoms with E-state index >= 15 is 0 Å². The average Bonchev–Trinajstić information content (AvgIpc) is 2.02. The van der Waals surface area contributed by atoms with Crippen molar-refractivity contribution in [3.8, 4) is 0 Å². The van der Waals surface area contributed by atoms with Crippen LogP contribution in [-0.4, -0.2) is 13.0 Å². The van der Waals surface area contributed by atoms with Crippen LogP contribution in [0.3, 0.4) is 0 Å². The van der Waals surface area contributed by atoms with Gasteiger partial charge in [0.1, 0.15) is 4.90 Å². The molecular weight excluding hydrogens is 204 g/mol. The second kappa shape index (κ2) is 3.56. The fourth-order valence-corrected chi connectivity index (χ4v) is 1.89. The van der Waals surface area contributed by atoms with Crippen LogP contribution in [-0.2, 0) is 16.7 Å². The van der Waals surface area contributed by atoms with Crippen LogP contribution in [0.2, 0.25) is 0 Å². The van der Waals surface area contributed by atoms with Gasteiger partial charge in [-0.3, -0.25) is 4.55 Å². The van der Waals surface area contributed by atoms with E-state index in [1.165, 1.54) is 6.07 Å². The van der Waals surface area contributed by atoms with Crippen molar-refractivity contribution >= 4 is 15.8 Å². The zero-order valence-electron chi connectivity index (χ0n) is 7.69. The van der Waals surface area contributed by atoms with Gasteiger partial charge in [-0.1, -0.05) is 6.07 Å². The minimum absolute atomic E-state index is 0.0231. The third-order valence-corrected chi connectivity index (χ3v) is 2.95. The smallest absolute Gasteiger partial charge is 0.296 e. The first kappa shape index (κ1) is 11.0. The second-order valence-corrected chi connectivity index (χ2v) is 4.34. The van der Waals surface area contributed by atoms with Crippen LogP contribution in [0.1, 0.15) is 11.1 Å². The molecule has 0 aliphatic heterocycles. The van der Waals surface area contributed by atoms with Crippen LogP contribution in [0.5, 0.6) is 0 Å². The summed E-state index contributed by atoms with van der Waals surface area (Å²) in [6, 6.07) is 2.82. The van der Waals surface area contributed by atoms with E-state index in [1.54, 1.807) is 13.0 Å². The number of nitrogens with two attached hydrogens (primary N) is 2. The topological polar surface area (TPSA) is 106 Å². The van der Waals surface area contributed by atoms with E-state index in [0.29, 0.717) is 5.56 Å². The lowest BCUT2D eigenvalue weighted by molar-refractivity contribution is 0.483. The zero-order valence-corrected chi connectivity index (χ0v) is 8.50. The van der Waals surface area contributed by atoms with Gasteiger partial charge in [0.2, 0.25) is 0 Å². The molecule has 14 heavy (non-hydrogen) atoms. The van der Waals surface area contributed by atoms with Gasteiger partial charge in [-0.05, 0) is 24.1 Å². The van der Waals surface area contributed by atoms with Crippen molar-refractivity contribution < 1.29 is 13.0 Å². The maximum atomic E-state index is 10.9. The first-order valence-corrected chi connectivity index (χ1v) is 5.37. The number of hydrogen-bond acceptors (Lipinski definition) is 4. The molecule has 0 saturated carbocycles. The molecule has 0 amide bonds. The summed E-state index contributed by atoms with van der Waals surface area (Å²) >= 11 is 0. The monoisotopic (exact) mass is 216 g/mol. The van der Waals surface area contributed by atoms with E-state index in [-0.39, 0.29) is 17.1 Å². The summed E-state index contributed by atoms with van der Waals surface area (Å²) in [5, 5.41) is 0. The van der Waals surface area contributed by atoms with Crippen molar-refractivity contribution in [2.24, 2.45) is 5.73 Å². The lowest BCUT2D eigenvalue weighted by atomic mass is 10.1. The highest BCUT2D eigenvalue weighted by atomic mass is 32.2. The van der Waals surface area contributed by atoms with Gasteiger partial charge in [-0.25, -0.2) is 0 Å². The summed E-state index contributed by atoms with van der Waals surface area (Å²) < 4.78 is 30.6. The Morgan fingerprint density at radius 3 is 2.43 bits per heavy atom. The number of aryl methyl sites for hydroxylation is 1. The summed E-state index contributed by atoms with van der Waals surface area (Å²) in [4.78, 5) is -0.288. The Balaban J connectivity index is 3.52. The lowest BCUT2D eigenvalue weighted by Gasteiger charge is -2.10. The molecule has 0 atom stereocenters. The molecule has 0 unspecified atom stereocenters. The normalized spacial score (nSPS) is 11.6. The Bertz CT molecular complexity index is 454. The number of anilines is 1. The predicted molar refractivity (Wildman–Crippen MR) is 53.3 cm³/mol. The van der Waals surface area contributed by atoms with Crippen LogP contribution >= 0.6 is 0 Å². The van der Waals surface area contributed by atoms with E-state index in [4.69, 9.17) is 16.0 Å². The molecule has 5 nitrogen and oxygen atoms in total. The molecule has 0 fully saturated rings. The number of hydrogen-bond donors (Lipinski definition) is 3. The van der Waals surface area contributed by atoms with Crippen molar-refractivity contribution in [2.45, 2.75) is 18.4 Å². The molecule has 1 rings (SSSR count). The largest absolute Gasteiger partial charge is 0.397 e. The molecule has 6 heteroatoms. The van der Waals surface area contributed by atoms with Crippen molar-refractivity contribution in [3.63, 3.8) is 0 Å². The highest BCUT2D eigenvalue weighted by molar-refractivity contribution is 7.86. The fraction of sp³-hybridized carbons (Fsp3) is 0.250. The van der Waals surface area contributed by atoms with Crippen LogP contribution in [0.25, 0.3) is 0 Å². The molecule has 0 heterocycles. The number of nitrogen functional groups attached to an aromatic ring is 1. The van der Waals surface area contributed by atoms with E-state index < -0.39 is 10.1 Å². The van der Waals surface area contributed by atoms with Gasteiger partial charge in [0.05, 0.1) is 5.69 Å². The first-order valence-electron chi connectivity index (χ1n) is 3.93. The minimum Gasteiger partial charge on any atom is -0.397 e. The molecule has 0 aliphatic carbocycles. The maximum absolute atomic E-state index is 10.9. The summed E-state index contributed by atoms with van der Waals surface area (Å²) in [5.74, 6) is 0. The molecule has 0 radical (unpaired) electrons. The Morgan fingerprint density at radius 1 is 1.43 bits per heavy atom. The molecule has 78 valence electrons. The zero-order chi connectivity index (χ0) is 10.9. The SMILES string of the molecule is Cc1ccc(S(=O)(=O)O)c(N)c1CN. The van der Waals surface area contributed by atoms with Crippen LogP contribution < -0.4 is 11.5 Å². The molecular formula is C8H12N2O3S. The first-order chi connectivity index (χ1) is 6.38. The number of rotatable bonds is 2. The van der Waals surface area contributed by atoms with Crippen molar-refractivity contribution in [2.75, 3.05) is 5.73 Å². The van der Waals surface area contributed by atoms with Crippen LogP contribution in [0, 0.1) is 6.92 Å². The summed E-state index contributed by atoms with van der Waals surface area (Å²) in [6.07, 6.45) is 0. The standard InChI is InChI=1S/C8H12N2O3S/c1-5-2-3-7(14(11,12)13)8(10)6(5)4-9/h2-3H,4,9-10H2,1H3,(H,11,12,13). The molecule has 0 aromatic heterocycles. The highest BCUT2D eigenvalue weighted by Gasteiger charge is 2.16. The molecule has 1 aromatic carbocycles. The van der Waals surface area contributed by atoms with Gasteiger partial charge >= 0.3 is 0 Å². The Kier molecular flexibility index (Phi) is 2.79. The van der Waals surface area contributed by atoms with Gasteiger partial charge < -0.3 is 11.5 Å². The van der Waals surface area contributed by atoms with Gasteiger partial charge in [-0.15, -0.1) is 0 Å². The molecule has 0 aliphatic rings. The van der Waals surface area contributed by atoms with Crippen molar-refractivity contribution in [1.29, 1.82) is 0 Å². The van der Waals surface area contributed by atoms with Crippen LogP contribution in [0.15, 0.2) is 17.0 Å². The van der Waals surface area contributed by atoms with E-state index in [2.05, 4.69) is 0 Å². The van der Waals surface area contributed by atoms with Gasteiger partial charge in [0, 0.05) is 6.54 Å². The maximum Gasteiger partial charge on any atom is 0.296 e. The summed E-state index contributed by atoms with van der Waals surface area (Å²) in [6.45, 7) is 1.91. The summed E-state index contributed by atoms with van der Waals surface area (Å²) in [7, 11) is -4.26. The van der Waals surface area contributed by atoms with Crippen LogP contribution in [0.4, 0.5) is 5.69 Å². The Labute approximate surface area is 82.5 Å². The average molecular weight is 216 g/mol. The summed E-state index contributed by atoms with van der Waals surface area (Å²) in [5.41, 5.74) is 12.3. The molecule has 0 saturated heterocycles. The predicted octanol–water partition coefficient (Wildman–Crippen LogP) is 0.283. The van der Waals surface area contributed by atoms with Gasteiger partial charge in [0.25, 0.3) is 10.1 Å². The fourth-order valence-electron chi connectivity index (χ4n) is 1.25. The third kappa shape index (κ3) is 1.87. The van der Waals surface area contributed by atoms with Crippen molar-refractivity contribution in [3.05, 3.63) is 23.3 Å². The molecule has 0 spiro atoms. The van der Waals surface area contributed by atoms with E-state index in [0.717, 1.165) is 5.56 Å². The lowest BCUT2D eigenvalue weighted by Crippen LogP contribution is -2.10. The molecule has 0 bridgehead atoms. The van der Waals surface area contributed by atoms with E-state index in [9.17, 15) is 8.42 Å². The minimum atomic E-state index is -4.26. The molecule has 1 aromatic rings. The number of benzene rings is 1. The van der Waals surface area contributed by atoms with Gasteiger partial charge in [-0.2, -0.15) is 8.42 Å².